The van der Waals surface area contributed by atoms with Gasteiger partial charge in [0.15, 0.2) is 0 Å². The minimum atomic E-state index is -0.261. The summed E-state index contributed by atoms with van der Waals surface area (Å²) in [6, 6.07) is 9.63. The highest BCUT2D eigenvalue weighted by Crippen LogP contribution is 2.03. The van der Waals surface area contributed by atoms with Crippen molar-refractivity contribution in [1.82, 2.24) is 5.32 Å². The number of rotatable bonds is 5. The molecule has 80 valence electrons. The Bertz CT molecular complexity index is 342. The minimum absolute atomic E-state index is 0.261. The summed E-state index contributed by atoms with van der Waals surface area (Å²) in [6.45, 7) is 3.30. The van der Waals surface area contributed by atoms with Crippen LogP contribution in [0.4, 0.5) is 0 Å². The summed E-state index contributed by atoms with van der Waals surface area (Å²) >= 11 is 0. The lowest BCUT2D eigenvalue weighted by molar-refractivity contribution is 0.183. The second kappa shape index (κ2) is 6.18. The molecule has 0 saturated carbocycles. The van der Waals surface area contributed by atoms with Crippen molar-refractivity contribution < 1.29 is 5.11 Å². The van der Waals surface area contributed by atoms with Gasteiger partial charge in [-0.15, -0.1) is 0 Å². The number of nitrogens with one attached hydrogen (secondary N) is 1. The Morgan fingerprint density at radius 1 is 1.53 bits per heavy atom. The third kappa shape index (κ3) is 4.59. The second-order valence-corrected chi connectivity index (χ2v) is 3.63. The minimum Gasteiger partial charge on any atom is -0.393 e. The van der Waals surface area contributed by atoms with Gasteiger partial charge in [0, 0.05) is 6.54 Å². The number of hydrogen-bond donors (Lipinski definition) is 2. The summed E-state index contributed by atoms with van der Waals surface area (Å²) in [5.41, 5.74) is 1.78. The van der Waals surface area contributed by atoms with Crippen LogP contribution >= 0.6 is 0 Å². The molecule has 0 saturated heterocycles. The van der Waals surface area contributed by atoms with Gasteiger partial charge in [-0.2, -0.15) is 5.26 Å². The number of nitriles is 1. The molecular formula is C12H16N2O. The Kier molecular flexibility index (Phi) is 4.82. The summed E-state index contributed by atoms with van der Waals surface area (Å²) in [4.78, 5) is 0. The monoisotopic (exact) mass is 204 g/mol. The smallest absolute Gasteiger partial charge is 0.0991 e. The molecule has 2 N–H and O–H groups in total. The van der Waals surface area contributed by atoms with Gasteiger partial charge in [-0.05, 0) is 37.6 Å². The van der Waals surface area contributed by atoms with Crippen molar-refractivity contribution in [2.75, 3.05) is 6.54 Å². The van der Waals surface area contributed by atoms with E-state index < -0.39 is 0 Å². The molecule has 0 radical (unpaired) electrons. The van der Waals surface area contributed by atoms with Crippen molar-refractivity contribution in [1.29, 1.82) is 5.26 Å². The Balaban J connectivity index is 2.35. The van der Waals surface area contributed by atoms with Gasteiger partial charge in [0.25, 0.3) is 0 Å². The van der Waals surface area contributed by atoms with E-state index in [1.807, 2.05) is 18.2 Å². The molecule has 1 aromatic carbocycles. The Morgan fingerprint density at radius 3 is 3.00 bits per heavy atom. The molecule has 0 aromatic heterocycles. The lowest BCUT2D eigenvalue weighted by atomic mass is 10.1. The quantitative estimate of drug-likeness (QED) is 0.713. The van der Waals surface area contributed by atoms with Crippen molar-refractivity contribution in [3.63, 3.8) is 0 Å². The predicted octanol–water partition coefficient (Wildman–Crippen LogP) is 1.42. The zero-order chi connectivity index (χ0) is 11.1. The highest BCUT2D eigenvalue weighted by Gasteiger charge is 1.97. The third-order valence-electron chi connectivity index (χ3n) is 2.12. The van der Waals surface area contributed by atoms with E-state index in [1.54, 1.807) is 13.0 Å². The van der Waals surface area contributed by atoms with E-state index in [0.29, 0.717) is 5.56 Å². The van der Waals surface area contributed by atoms with Gasteiger partial charge < -0.3 is 10.4 Å². The third-order valence-corrected chi connectivity index (χ3v) is 2.12. The number of aliphatic hydroxyl groups is 1. The summed E-state index contributed by atoms with van der Waals surface area (Å²) in [6.07, 6.45) is 0.487. The van der Waals surface area contributed by atoms with Gasteiger partial charge >= 0.3 is 0 Å². The van der Waals surface area contributed by atoms with Crippen molar-refractivity contribution in [3.8, 4) is 6.07 Å². The molecule has 3 nitrogen and oxygen atoms in total. The Labute approximate surface area is 90.4 Å². The molecule has 0 aliphatic carbocycles. The van der Waals surface area contributed by atoms with Crippen molar-refractivity contribution >= 4 is 0 Å². The maximum Gasteiger partial charge on any atom is 0.0991 e. The molecule has 1 rings (SSSR count). The number of hydrogen-bond acceptors (Lipinski definition) is 3. The molecular weight excluding hydrogens is 188 g/mol. The van der Waals surface area contributed by atoms with Crippen LogP contribution in [0.2, 0.25) is 0 Å². The first-order valence-corrected chi connectivity index (χ1v) is 5.10. The van der Waals surface area contributed by atoms with Crippen LogP contribution in [0.1, 0.15) is 24.5 Å². The maximum absolute atomic E-state index is 9.05. The van der Waals surface area contributed by atoms with Crippen molar-refractivity contribution in [3.05, 3.63) is 35.4 Å². The van der Waals surface area contributed by atoms with E-state index in [2.05, 4.69) is 11.4 Å². The lowest BCUT2D eigenvalue weighted by Gasteiger charge is -2.06. The molecule has 1 unspecified atom stereocenters. The molecule has 3 heteroatoms. The van der Waals surface area contributed by atoms with Crippen LogP contribution in [-0.2, 0) is 6.54 Å². The van der Waals surface area contributed by atoms with Gasteiger partial charge in [-0.3, -0.25) is 0 Å². The molecule has 0 aliphatic rings. The van der Waals surface area contributed by atoms with E-state index >= 15 is 0 Å². The molecule has 0 bridgehead atoms. The summed E-state index contributed by atoms with van der Waals surface area (Å²) in [5, 5.41) is 21.0. The SMILES string of the molecule is CC(O)CCNCc1cccc(C#N)c1. The Hall–Kier alpha value is -1.37. The molecule has 0 heterocycles. The second-order valence-electron chi connectivity index (χ2n) is 3.63. The summed E-state index contributed by atoms with van der Waals surface area (Å²) in [7, 11) is 0. The zero-order valence-corrected chi connectivity index (χ0v) is 8.90. The van der Waals surface area contributed by atoms with E-state index in [-0.39, 0.29) is 6.10 Å². The molecule has 0 fully saturated rings. The molecule has 0 amide bonds. The normalized spacial score (nSPS) is 12.1. The van der Waals surface area contributed by atoms with Crippen molar-refractivity contribution in [2.24, 2.45) is 0 Å². The number of nitrogens with zero attached hydrogens (tertiary/aromatic N) is 1. The van der Waals surface area contributed by atoms with Gasteiger partial charge in [-0.1, -0.05) is 12.1 Å². The Morgan fingerprint density at radius 2 is 2.33 bits per heavy atom. The first-order valence-electron chi connectivity index (χ1n) is 5.10. The van der Waals surface area contributed by atoms with Gasteiger partial charge in [-0.25, -0.2) is 0 Å². The molecule has 15 heavy (non-hydrogen) atoms. The van der Waals surface area contributed by atoms with Gasteiger partial charge in [0.05, 0.1) is 17.7 Å². The van der Waals surface area contributed by atoms with Crippen LogP contribution in [0.5, 0.6) is 0 Å². The summed E-state index contributed by atoms with van der Waals surface area (Å²) < 4.78 is 0. The van der Waals surface area contributed by atoms with Gasteiger partial charge in [0.2, 0.25) is 0 Å². The van der Waals surface area contributed by atoms with Crippen LogP contribution in [-0.4, -0.2) is 17.8 Å². The van der Waals surface area contributed by atoms with E-state index in [0.717, 1.165) is 25.1 Å². The average Bonchev–Trinajstić information content (AvgIpc) is 2.24. The standard InChI is InChI=1S/C12H16N2O/c1-10(15)5-6-14-9-12-4-2-3-11(7-12)8-13/h2-4,7,10,14-15H,5-6,9H2,1H3. The van der Waals surface area contributed by atoms with Crippen LogP contribution in [0.25, 0.3) is 0 Å². The van der Waals surface area contributed by atoms with Crippen LogP contribution < -0.4 is 5.32 Å². The molecule has 0 aliphatic heterocycles. The van der Waals surface area contributed by atoms with Crippen LogP contribution in [0.15, 0.2) is 24.3 Å². The predicted molar refractivity (Wildman–Crippen MR) is 59.2 cm³/mol. The van der Waals surface area contributed by atoms with Crippen LogP contribution in [0.3, 0.4) is 0 Å². The summed E-state index contributed by atoms with van der Waals surface area (Å²) in [5.74, 6) is 0. The fourth-order valence-electron chi connectivity index (χ4n) is 1.29. The van der Waals surface area contributed by atoms with Gasteiger partial charge in [0.1, 0.15) is 0 Å². The molecule has 1 atom stereocenters. The maximum atomic E-state index is 9.05. The average molecular weight is 204 g/mol. The first kappa shape index (κ1) is 11.7. The number of aliphatic hydroxyl groups excluding tert-OH is 1. The van der Waals surface area contributed by atoms with E-state index in [9.17, 15) is 0 Å². The molecule has 1 aromatic rings. The highest BCUT2D eigenvalue weighted by molar-refractivity contribution is 5.32. The lowest BCUT2D eigenvalue weighted by Crippen LogP contribution is -2.18. The first-order chi connectivity index (χ1) is 7.22. The fraction of sp³-hybridized carbons (Fsp3) is 0.417. The zero-order valence-electron chi connectivity index (χ0n) is 8.90. The van der Waals surface area contributed by atoms with E-state index in [4.69, 9.17) is 10.4 Å². The van der Waals surface area contributed by atoms with Crippen molar-refractivity contribution in [2.45, 2.75) is 26.0 Å². The topological polar surface area (TPSA) is 56.0 Å². The van der Waals surface area contributed by atoms with E-state index in [1.165, 1.54) is 0 Å². The highest BCUT2D eigenvalue weighted by atomic mass is 16.3. The fourth-order valence-corrected chi connectivity index (χ4v) is 1.29. The molecule has 0 spiro atoms. The largest absolute Gasteiger partial charge is 0.393 e. The number of benzene rings is 1. The van der Waals surface area contributed by atoms with Crippen LogP contribution in [0, 0.1) is 11.3 Å².